The predicted octanol–water partition coefficient (Wildman–Crippen LogP) is 1.10. The first kappa shape index (κ1) is 23.7. The van der Waals surface area contributed by atoms with Crippen LogP contribution in [-0.2, 0) is 19.8 Å². The number of amides is 3. The molecule has 3 amide bonds. The van der Waals surface area contributed by atoms with E-state index < -0.39 is 17.4 Å². The van der Waals surface area contributed by atoms with Crippen molar-refractivity contribution < 1.29 is 14.4 Å². The minimum Gasteiger partial charge on any atom is -0.384 e. The quantitative estimate of drug-likeness (QED) is 0.597. The van der Waals surface area contributed by atoms with Crippen LogP contribution in [0, 0.1) is 0 Å². The number of nitrogens with zero attached hydrogens (tertiary/aromatic N) is 5. The van der Waals surface area contributed by atoms with E-state index in [9.17, 15) is 14.4 Å². The smallest absolute Gasteiger partial charge is 0.249 e. The van der Waals surface area contributed by atoms with Crippen LogP contribution in [-0.4, -0.2) is 79.0 Å². The van der Waals surface area contributed by atoms with Gasteiger partial charge in [0.1, 0.15) is 11.9 Å². The van der Waals surface area contributed by atoms with Crippen molar-refractivity contribution >= 4 is 40.6 Å². The maximum atomic E-state index is 13.6. The fourth-order valence-electron chi connectivity index (χ4n) is 6.20. The molecule has 0 aliphatic carbocycles. The Morgan fingerprint density at radius 1 is 0.973 bits per heavy atom. The Hall–Kier alpha value is -3.66. The number of imide groups is 1. The van der Waals surface area contributed by atoms with Crippen molar-refractivity contribution in [3.63, 3.8) is 0 Å². The number of carbonyl (C=O) groups is 3. The highest BCUT2D eigenvalue weighted by Gasteiger charge is 2.50. The summed E-state index contributed by atoms with van der Waals surface area (Å²) in [5.41, 5.74) is 8.89. The zero-order valence-electron chi connectivity index (χ0n) is 21.3. The number of aromatic nitrogens is 1. The van der Waals surface area contributed by atoms with Crippen molar-refractivity contribution in [2.75, 3.05) is 59.7 Å². The fourth-order valence-corrected chi connectivity index (χ4v) is 6.20. The van der Waals surface area contributed by atoms with Crippen LogP contribution in [0.15, 0.2) is 36.5 Å². The molecule has 10 heteroatoms. The van der Waals surface area contributed by atoms with Gasteiger partial charge < -0.3 is 15.5 Å². The van der Waals surface area contributed by atoms with Gasteiger partial charge in [0.15, 0.2) is 0 Å². The Balaban J connectivity index is 1.16. The van der Waals surface area contributed by atoms with E-state index in [-0.39, 0.29) is 18.2 Å². The standard InChI is InChI=1S/C27H33N7O3/c1-27(2)24-19(4-3-5-20(24)34(26(27)37)21-7-9-23(35)30-25(21)36)32-12-10-31(11-13-32)18-15-33(16-18)17-6-8-22(28)29-14-17/h3-6,8,14,18,21H,7,9-13,15-16H2,1-2H3,(H2,28,29)(H,30,35,36). The molecular weight excluding hydrogens is 470 g/mol. The maximum absolute atomic E-state index is 13.6. The van der Waals surface area contributed by atoms with Gasteiger partial charge in [0, 0.05) is 63.0 Å². The van der Waals surface area contributed by atoms with Crippen LogP contribution in [0.5, 0.6) is 0 Å². The van der Waals surface area contributed by atoms with Crippen molar-refractivity contribution in [2.45, 2.75) is 44.2 Å². The van der Waals surface area contributed by atoms with Gasteiger partial charge in [-0.15, -0.1) is 0 Å². The van der Waals surface area contributed by atoms with Gasteiger partial charge in [-0.05, 0) is 44.5 Å². The molecule has 1 unspecified atom stereocenters. The van der Waals surface area contributed by atoms with Gasteiger partial charge in [-0.25, -0.2) is 4.98 Å². The van der Waals surface area contributed by atoms with Crippen molar-refractivity contribution in [2.24, 2.45) is 0 Å². The van der Waals surface area contributed by atoms with Gasteiger partial charge >= 0.3 is 0 Å². The Kier molecular flexibility index (Phi) is 5.59. The van der Waals surface area contributed by atoms with E-state index in [0.717, 1.165) is 61.9 Å². The summed E-state index contributed by atoms with van der Waals surface area (Å²) in [5.74, 6) is -0.223. The minimum absolute atomic E-state index is 0.0881. The molecule has 4 aliphatic heterocycles. The second-order valence-electron chi connectivity index (χ2n) is 11.0. The number of hydrogen-bond acceptors (Lipinski definition) is 8. The maximum Gasteiger partial charge on any atom is 0.249 e. The van der Waals surface area contributed by atoms with Gasteiger partial charge in [0.25, 0.3) is 0 Å². The van der Waals surface area contributed by atoms with Crippen LogP contribution < -0.4 is 25.8 Å². The summed E-state index contributed by atoms with van der Waals surface area (Å²) in [6.07, 6.45) is 2.42. The molecular formula is C27H33N7O3. The number of anilines is 4. The summed E-state index contributed by atoms with van der Waals surface area (Å²) in [4.78, 5) is 51.0. The Morgan fingerprint density at radius 2 is 1.70 bits per heavy atom. The lowest BCUT2D eigenvalue weighted by Crippen LogP contribution is -2.63. The number of piperidine rings is 1. The van der Waals surface area contributed by atoms with Gasteiger partial charge in [-0.1, -0.05) is 6.07 Å². The predicted molar refractivity (Wildman–Crippen MR) is 142 cm³/mol. The van der Waals surface area contributed by atoms with Gasteiger partial charge in [0.05, 0.1) is 23.0 Å². The molecule has 0 bridgehead atoms. The monoisotopic (exact) mass is 503 g/mol. The number of carbonyl (C=O) groups excluding carboxylic acids is 3. The van der Waals surface area contributed by atoms with Gasteiger partial charge in [-0.3, -0.25) is 29.5 Å². The summed E-state index contributed by atoms with van der Waals surface area (Å²) < 4.78 is 0. The molecule has 5 heterocycles. The lowest BCUT2D eigenvalue weighted by Gasteiger charge is -2.49. The van der Waals surface area contributed by atoms with Crippen molar-refractivity contribution in [1.82, 2.24) is 15.2 Å². The second kappa shape index (κ2) is 8.72. The van der Waals surface area contributed by atoms with Gasteiger partial charge in [-0.2, -0.15) is 0 Å². The number of pyridine rings is 1. The molecule has 2 aromatic rings. The summed E-state index contributed by atoms with van der Waals surface area (Å²) >= 11 is 0. The normalized spacial score (nSPS) is 24.2. The molecule has 0 saturated carbocycles. The lowest BCUT2D eigenvalue weighted by molar-refractivity contribution is -0.136. The molecule has 1 aromatic heterocycles. The first-order chi connectivity index (χ1) is 17.7. The molecule has 3 saturated heterocycles. The fraction of sp³-hybridized carbons (Fsp3) is 0.481. The molecule has 0 spiro atoms. The molecule has 3 fully saturated rings. The third kappa shape index (κ3) is 3.90. The van der Waals surface area contributed by atoms with Crippen LogP contribution >= 0.6 is 0 Å². The summed E-state index contributed by atoms with van der Waals surface area (Å²) in [6, 6.07) is 9.72. The molecule has 37 heavy (non-hydrogen) atoms. The third-order valence-corrected chi connectivity index (χ3v) is 8.35. The average molecular weight is 504 g/mol. The second-order valence-corrected chi connectivity index (χ2v) is 11.0. The van der Waals surface area contributed by atoms with Crippen LogP contribution in [0.1, 0.15) is 32.3 Å². The number of piperazine rings is 1. The molecule has 1 atom stereocenters. The average Bonchev–Trinajstić information content (AvgIpc) is 3.05. The molecule has 1 aromatic carbocycles. The Bertz CT molecular complexity index is 1250. The van der Waals surface area contributed by atoms with E-state index in [4.69, 9.17) is 5.73 Å². The number of nitrogens with one attached hydrogen (secondary N) is 1. The van der Waals surface area contributed by atoms with E-state index in [2.05, 4.69) is 31.1 Å². The molecule has 3 N–H and O–H groups in total. The van der Waals surface area contributed by atoms with E-state index in [1.165, 1.54) is 0 Å². The summed E-state index contributed by atoms with van der Waals surface area (Å²) in [7, 11) is 0. The lowest BCUT2D eigenvalue weighted by atomic mass is 9.84. The third-order valence-electron chi connectivity index (χ3n) is 8.35. The number of fused-ring (bicyclic) bond motifs is 1. The Labute approximate surface area is 216 Å². The molecule has 194 valence electrons. The van der Waals surface area contributed by atoms with E-state index >= 15 is 0 Å². The zero-order valence-corrected chi connectivity index (χ0v) is 21.3. The number of hydrogen-bond donors (Lipinski definition) is 2. The van der Waals surface area contributed by atoms with Gasteiger partial charge in [0.2, 0.25) is 17.7 Å². The zero-order chi connectivity index (χ0) is 25.9. The van der Waals surface area contributed by atoms with Crippen LogP contribution in [0.4, 0.5) is 22.9 Å². The highest BCUT2D eigenvalue weighted by molar-refractivity contribution is 6.14. The number of nitrogens with two attached hydrogens (primary N) is 1. The van der Waals surface area contributed by atoms with Crippen molar-refractivity contribution in [3.05, 3.63) is 42.1 Å². The SMILES string of the molecule is CC1(C)C(=O)N(C2CCC(=O)NC2=O)c2cccc(N3CCN(C4CN(c5ccc(N)nc5)C4)CC3)c21. The summed E-state index contributed by atoms with van der Waals surface area (Å²) in [6.45, 7) is 9.49. The first-order valence-electron chi connectivity index (χ1n) is 13.0. The van der Waals surface area contributed by atoms with Crippen LogP contribution in [0.2, 0.25) is 0 Å². The van der Waals surface area contributed by atoms with E-state index in [1.54, 1.807) is 4.90 Å². The largest absolute Gasteiger partial charge is 0.384 e. The van der Waals surface area contributed by atoms with Crippen molar-refractivity contribution in [1.29, 1.82) is 0 Å². The minimum atomic E-state index is -0.758. The van der Waals surface area contributed by atoms with Crippen LogP contribution in [0.3, 0.4) is 0 Å². The van der Waals surface area contributed by atoms with Crippen molar-refractivity contribution in [3.8, 4) is 0 Å². The topological polar surface area (TPSA) is 115 Å². The highest BCUT2D eigenvalue weighted by atomic mass is 16.2. The number of rotatable bonds is 4. The molecule has 0 radical (unpaired) electrons. The molecule has 6 rings (SSSR count). The molecule has 10 nitrogen and oxygen atoms in total. The highest BCUT2D eigenvalue weighted by Crippen LogP contribution is 2.48. The first-order valence-corrected chi connectivity index (χ1v) is 13.0. The van der Waals surface area contributed by atoms with E-state index in [1.807, 2.05) is 44.3 Å². The number of benzene rings is 1. The van der Waals surface area contributed by atoms with Crippen LogP contribution in [0.25, 0.3) is 0 Å². The van der Waals surface area contributed by atoms with E-state index in [0.29, 0.717) is 18.3 Å². The summed E-state index contributed by atoms with van der Waals surface area (Å²) in [5, 5.41) is 2.41. The Morgan fingerprint density at radius 3 is 2.38 bits per heavy atom. The molecule has 4 aliphatic rings. The number of nitrogen functional groups attached to an aromatic ring is 1.